The van der Waals surface area contributed by atoms with E-state index in [1.165, 1.54) is 11.3 Å². The van der Waals surface area contributed by atoms with Gasteiger partial charge in [0.15, 0.2) is 0 Å². The molecule has 20 heavy (non-hydrogen) atoms. The first-order valence-corrected chi connectivity index (χ1v) is 7.83. The van der Waals surface area contributed by atoms with E-state index in [-0.39, 0.29) is 30.3 Å². The second kappa shape index (κ2) is 5.16. The number of aliphatic carboxylic acids is 1. The predicted molar refractivity (Wildman–Crippen MR) is 74.8 cm³/mol. The molecule has 108 valence electrons. The summed E-state index contributed by atoms with van der Waals surface area (Å²) in [7, 11) is 0. The van der Waals surface area contributed by atoms with Crippen LogP contribution in [0.15, 0.2) is 6.20 Å². The summed E-state index contributed by atoms with van der Waals surface area (Å²) in [5.74, 6) is -0.429. The van der Waals surface area contributed by atoms with E-state index < -0.39 is 5.97 Å². The van der Waals surface area contributed by atoms with Crippen LogP contribution in [0.4, 0.5) is 0 Å². The van der Waals surface area contributed by atoms with Gasteiger partial charge in [-0.05, 0) is 38.5 Å². The smallest absolute Gasteiger partial charge is 0.303 e. The third kappa shape index (κ3) is 2.44. The molecule has 1 aromatic rings. The van der Waals surface area contributed by atoms with E-state index in [0.717, 1.165) is 30.7 Å². The van der Waals surface area contributed by atoms with Gasteiger partial charge in [0.2, 0.25) is 0 Å². The van der Waals surface area contributed by atoms with Crippen LogP contribution < -0.4 is 0 Å². The van der Waals surface area contributed by atoms with Crippen LogP contribution in [-0.4, -0.2) is 39.0 Å². The molecule has 0 saturated carbocycles. The standard InChI is InChI=1S/C14H18N2O3S/c1-8-15-7-12(20-8)14(19)16-10-2-3-11(16)5-9(4-10)6-13(17)18/h7,9-11H,2-6H2,1H3,(H,17,18). The van der Waals surface area contributed by atoms with Crippen molar-refractivity contribution >= 4 is 23.2 Å². The monoisotopic (exact) mass is 294 g/mol. The number of thiazole rings is 1. The molecule has 1 amide bonds. The first-order chi connectivity index (χ1) is 9.54. The Kier molecular flexibility index (Phi) is 3.50. The fraction of sp³-hybridized carbons (Fsp3) is 0.643. The van der Waals surface area contributed by atoms with Gasteiger partial charge >= 0.3 is 5.97 Å². The largest absolute Gasteiger partial charge is 0.481 e. The van der Waals surface area contributed by atoms with Gasteiger partial charge in [-0.1, -0.05) is 0 Å². The number of amides is 1. The van der Waals surface area contributed by atoms with Gasteiger partial charge < -0.3 is 10.0 Å². The van der Waals surface area contributed by atoms with Crippen molar-refractivity contribution in [2.24, 2.45) is 5.92 Å². The lowest BCUT2D eigenvalue weighted by atomic mass is 9.88. The molecular formula is C14H18N2O3S. The van der Waals surface area contributed by atoms with Gasteiger partial charge in [0.1, 0.15) is 4.88 Å². The molecule has 0 radical (unpaired) electrons. The minimum atomic E-state index is -0.729. The van der Waals surface area contributed by atoms with Crippen molar-refractivity contribution in [1.82, 2.24) is 9.88 Å². The molecule has 0 aromatic carbocycles. The molecular weight excluding hydrogens is 276 g/mol. The number of carbonyl (C=O) groups excluding carboxylic acids is 1. The van der Waals surface area contributed by atoms with E-state index in [1.54, 1.807) is 6.20 Å². The minimum absolute atomic E-state index is 0.0804. The van der Waals surface area contributed by atoms with Crippen molar-refractivity contribution in [3.05, 3.63) is 16.1 Å². The number of aromatic nitrogens is 1. The quantitative estimate of drug-likeness (QED) is 0.928. The molecule has 2 aliphatic heterocycles. The van der Waals surface area contributed by atoms with Gasteiger partial charge in [-0.15, -0.1) is 11.3 Å². The van der Waals surface area contributed by atoms with E-state index in [1.807, 2.05) is 11.8 Å². The molecule has 2 atom stereocenters. The molecule has 2 fully saturated rings. The number of carboxylic acids is 1. The normalized spacial score (nSPS) is 28.6. The van der Waals surface area contributed by atoms with E-state index in [9.17, 15) is 9.59 Å². The van der Waals surface area contributed by atoms with Crippen LogP contribution in [0.1, 0.15) is 46.8 Å². The van der Waals surface area contributed by atoms with Gasteiger partial charge in [-0.3, -0.25) is 9.59 Å². The van der Waals surface area contributed by atoms with Crippen molar-refractivity contribution in [1.29, 1.82) is 0 Å². The summed E-state index contributed by atoms with van der Waals surface area (Å²) >= 11 is 1.44. The molecule has 3 rings (SSSR count). The molecule has 6 heteroatoms. The van der Waals surface area contributed by atoms with Crippen LogP contribution in [0.25, 0.3) is 0 Å². The number of hydrogen-bond acceptors (Lipinski definition) is 4. The maximum atomic E-state index is 12.6. The van der Waals surface area contributed by atoms with Gasteiger partial charge in [0.25, 0.3) is 5.91 Å². The first-order valence-electron chi connectivity index (χ1n) is 7.01. The number of rotatable bonds is 3. The molecule has 0 aliphatic carbocycles. The Morgan fingerprint density at radius 1 is 1.40 bits per heavy atom. The van der Waals surface area contributed by atoms with Gasteiger partial charge in [-0.2, -0.15) is 0 Å². The molecule has 1 aromatic heterocycles. The van der Waals surface area contributed by atoms with Crippen molar-refractivity contribution in [3.8, 4) is 0 Å². The van der Waals surface area contributed by atoms with Crippen LogP contribution in [0.2, 0.25) is 0 Å². The zero-order valence-corrected chi connectivity index (χ0v) is 12.2. The Bertz CT molecular complexity index is 528. The fourth-order valence-corrected chi connectivity index (χ4v) is 4.34. The number of piperidine rings is 1. The number of aryl methyl sites for hydroxylation is 1. The van der Waals surface area contributed by atoms with E-state index in [4.69, 9.17) is 5.11 Å². The van der Waals surface area contributed by atoms with Crippen LogP contribution in [0.3, 0.4) is 0 Å². The van der Waals surface area contributed by atoms with Crippen molar-refractivity contribution in [2.75, 3.05) is 0 Å². The summed E-state index contributed by atoms with van der Waals surface area (Å²) < 4.78 is 0. The first kappa shape index (κ1) is 13.5. The zero-order chi connectivity index (χ0) is 14.3. The minimum Gasteiger partial charge on any atom is -0.481 e. The molecule has 3 heterocycles. The Morgan fingerprint density at radius 2 is 2.05 bits per heavy atom. The van der Waals surface area contributed by atoms with Gasteiger partial charge in [0, 0.05) is 18.5 Å². The lowest BCUT2D eigenvalue weighted by Crippen LogP contribution is -2.46. The van der Waals surface area contributed by atoms with Gasteiger partial charge in [0.05, 0.1) is 11.2 Å². The van der Waals surface area contributed by atoms with Crippen LogP contribution in [-0.2, 0) is 4.79 Å². The Labute approximate surface area is 121 Å². The Morgan fingerprint density at radius 3 is 2.55 bits per heavy atom. The zero-order valence-electron chi connectivity index (χ0n) is 11.4. The molecule has 1 N–H and O–H groups in total. The number of carbonyl (C=O) groups is 2. The predicted octanol–water partition coefficient (Wildman–Crippen LogP) is 2.31. The molecule has 2 saturated heterocycles. The maximum Gasteiger partial charge on any atom is 0.303 e. The summed E-state index contributed by atoms with van der Waals surface area (Å²) in [5.41, 5.74) is 0. The number of fused-ring (bicyclic) bond motifs is 2. The summed E-state index contributed by atoms with van der Waals surface area (Å²) in [6, 6.07) is 0.431. The molecule has 2 bridgehead atoms. The van der Waals surface area contributed by atoms with Crippen LogP contribution in [0, 0.1) is 12.8 Å². The molecule has 2 aliphatic rings. The topological polar surface area (TPSA) is 70.5 Å². The highest BCUT2D eigenvalue weighted by Gasteiger charge is 2.44. The lowest BCUT2D eigenvalue weighted by Gasteiger charge is -2.38. The lowest BCUT2D eigenvalue weighted by molar-refractivity contribution is -0.138. The highest BCUT2D eigenvalue weighted by atomic mass is 32.1. The fourth-order valence-electron chi connectivity index (χ4n) is 3.62. The highest BCUT2D eigenvalue weighted by Crippen LogP contribution is 2.41. The average Bonchev–Trinajstić information content (AvgIpc) is 2.91. The van der Waals surface area contributed by atoms with E-state index in [0.29, 0.717) is 4.88 Å². The van der Waals surface area contributed by atoms with E-state index in [2.05, 4.69) is 4.98 Å². The third-order valence-electron chi connectivity index (χ3n) is 4.36. The number of carboxylic acid groups (broad SMARTS) is 1. The maximum absolute atomic E-state index is 12.6. The molecule has 2 unspecified atom stereocenters. The van der Waals surface area contributed by atoms with Gasteiger partial charge in [-0.25, -0.2) is 4.98 Å². The van der Waals surface area contributed by atoms with Crippen LogP contribution in [0.5, 0.6) is 0 Å². The second-order valence-corrected chi connectivity index (χ2v) is 7.01. The van der Waals surface area contributed by atoms with Crippen molar-refractivity contribution < 1.29 is 14.7 Å². The SMILES string of the molecule is Cc1ncc(C(=O)N2C3CCC2CC(CC(=O)O)C3)s1. The van der Waals surface area contributed by atoms with Crippen molar-refractivity contribution in [2.45, 2.75) is 51.1 Å². The summed E-state index contributed by atoms with van der Waals surface area (Å²) in [5, 5.41) is 9.83. The Hall–Kier alpha value is -1.43. The summed E-state index contributed by atoms with van der Waals surface area (Å²) in [6.07, 6.45) is 5.55. The number of hydrogen-bond donors (Lipinski definition) is 1. The average molecular weight is 294 g/mol. The van der Waals surface area contributed by atoms with E-state index >= 15 is 0 Å². The molecule has 0 spiro atoms. The van der Waals surface area contributed by atoms with Crippen LogP contribution >= 0.6 is 11.3 Å². The van der Waals surface area contributed by atoms with Crippen molar-refractivity contribution in [3.63, 3.8) is 0 Å². The molecule has 5 nitrogen and oxygen atoms in total. The third-order valence-corrected chi connectivity index (χ3v) is 5.26. The Balaban J connectivity index is 1.74. The summed E-state index contributed by atoms with van der Waals surface area (Å²) in [6.45, 7) is 1.90. The number of nitrogens with zero attached hydrogens (tertiary/aromatic N) is 2. The highest BCUT2D eigenvalue weighted by molar-refractivity contribution is 7.13. The summed E-state index contributed by atoms with van der Waals surface area (Å²) in [4.78, 5) is 30.3. The second-order valence-electron chi connectivity index (χ2n) is 5.78.